The van der Waals surface area contributed by atoms with Crippen molar-refractivity contribution in [1.29, 1.82) is 0 Å². The van der Waals surface area contributed by atoms with Gasteiger partial charge in [0.05, 0.1) is 6.61 Å². The lowest BCUT2D eigenvalue weighted by Gasteiger charge is -2.34. The summed E-state index contributed by atoms with van der Waals surface area (Å²) in [6.07, 6.45) is -0.374. The van der Waals surface area contributed by atoms with E-state index in [2.05, 4.69) is 0 Å². The molecule has 0 unspecified atom stereocenters. The Kier molecular flexibility index (Phi) is 6.84. The molecule has 1 fully saturated rings. The number of piperazine rings is 1. The van der Waals surface area contributed by atoms with Gasteiger partial charge in [0.15, 0.2) is 0 Å². The molecule has 0 aliphatic carbocycles. The monoisotopic (exact) mass is 446 g/mol. The Balaban J connectivity index is 1.64. The first-order chi connectivity index (χ1) is 14.7. The van der Waals surface area contributed by atoms with Crippen LogP contribution < -0.4 is 4.18 Å². The third kappa shape index (κ3) is 5.35. The topological polar surface area (TPSA) is 93.2 Å². The van der Waals surface area contributed by atoms with Crippen LogP contribution in [0, 0.1) is 13.8 Å². The second-order valence-corrected chi connectivity index (χ2v) is 8.82. The molecule has 2 aromatic rings. The van der Waals surface area contributed by atoms with Gasteiger partial charge in [0.25, 0.3) is 5.91 Å². The van der Waals surface area contributed by atoms with Crippen molar-refractivity contribution in [3.63, 3.8) is 0 Å². The summed E-state index contributed by atoms with van der Waals surface area (Å²) in [7, 11) is -3.98. The van der Waals surface area contributed by atoms with E-state index in [0.717, 1.165) is 5.56 Å². The third-order valence-corrected chi connectivity index (χ3v) is 6.40. The number of amides is 2. The first kappa shape index (κ1) is 22.6. The van der Waals surface area contributed by atoms with Gasteiger partial charge in [-0.25, -0.2) is 4.79 Å². The SMILES string of the molecule is CCOC(=O)N1CCN(C(=O)c2ccc(OS(=O)(=O)c3cc(C)ccc3C)cc2)CC1. The number of nitrogens with zero attached hydrogens (tertiary/aromatic N) is 2. The van der Waals surface area contributed by atoms with Crippen LogP contribution >= 0.6 is 0 Å². The van der Waals surface area contributed by atoms with Crippen molar-refractivity contribution in [3.05, 3.63) is 59.2 Å². The second kappa shape index (κ2) is 9.38. The molecular weight excluding hydrogens is 420 g/mol. The summed E-state index contributed by atoms with van der Waals surface area (Å²) in [5.74, 6) is -0.0583. The van der Waals surface area contributed by atoms with Crippen molar-refractivity contribution in [1.82, 2.24) is 9.80 Å². The molecule has 0 saturated carbocycles. The molecule has 0 atom stereocenters. The number of hydrogen-bond acceptors (Lipinski definition) is 6. The zero-order valence-electron chi connectivity index (χ0n) is 17.8. The molecule has 2 amide bonds. The van der Waals surface area contributed by atoms with E-state index in [4.69, 9.17) is 8.92 Å². The van der Waals surface area contributed by atoms with Gasteiger partial charge in [-0.1, -0.05) is 12.1 Å². The zero-order valence-corrected chi connectivity index (χ0v) is 18.6. The van der Waals surface area contributed by atoms with Crippen LogP contribution in [0.1, 0.15) is 28.4 Å². The van der Waals surface area contributed by atoms with Crippen LogP contribution in [-0.2, 0) is 14.9 Å². The highest BCUT2D eigenvalue weighted by molar-refractivity contribution is 7.87. The van der Waals surface area contributed by atoms with Gasteiger partial charge in [0.2, 0.25) is 0 Å². The first-order valence-electron chi connectivity index (χ1n) is 10.0. The largest absolute Gasteiger partial charge is 0.450 e. The van der Waals surface area contributed by atoms with Gasteiger partial charge in [-0.15, -0.1) is 0 Å². The smallest absolute Gasteiger partial charge is 0.409 e. The van der Waals surface area contributed by atoms with E-state index in [1.54, 1.807) is 35.8 Å². The van der Waals surface area contributed by atoms with E-state index in [1.165, 1.54) is 24.3 Å². The fourth-order valence-electron chi connectivity index (χ4n) is 3.29. The Hall–Kier alpha value is -3.07. The van der Waals surface area contributed by atoms with Crippen molar-refractivity contribution in [2.24, 2.45) is 0 Å². The maximum absolute atomic E-state index is 12.7. The summed E-state index contributed by atoms with van der Waals surface area (Å²) in [6, 6.07) is 11.1. The van der Waals surface area contributed by atoms with Crippen molar-refractivity contribution in [2.75, 3.05) is 32.8 Å². The Bertz CT molecular complexity index is 1060. The molecular formula is C22H26N2O6S. The molecule has 0 radical (unpaired) electrons. The number of carbonyl (C=O) groups is 2. The summed E-state index contributed by atoms with van der Waals surface area (Å²) < 4.78 is 35.5. The maximum atomic E-state index is 12.7. The predicted octanol–water partition coefficient (Wildman–Crippen LogP) is 2.99. The van der Waals surface area contributed by atoms with E-state index in [9.17, 15) is 18.0 Å². The average molecular weight is 447 g/mol. The number of rotatable bonds is 5. The minimum Gasteiger partial charge on any atom is -0.450 e. The van der Waals surface area contributed by atoms with Crippen molar-refractivity contribution in [3.8, 4) is 5.75 Å². The predicted molar refractivity (Wildman–Crippen MR) is 115 cm³/mol. The van der Waals surface area contributed by atoms with Crippen LogP contribution in [0.4, 0.5) is 4.79 Å². The number of aryl methyl sites for hydroxylation is 2. The highest BCUT2D eigenvalue weighted by Crippen LogP contribution is 2.23. The van der Waals surface area contributed by atoms with E-state index in [0.29, 0.717) is 43.9 Å². The summed E-state index contributed by atoms with van der Waals surface area (Å²) in [5.41, 5.74) is 1.83. The lowest BCUT2D eigenvalue weighted by molar-refractivity contribution is 0.0570. The van der Waals surface area contributed by atoms with E-state index >= 15 is 0 Å². The number of carbonyl (C=O) groups excluding carboxylic acids is 2. The van der Waals surface area contributed by atoms with Gasteiger partial charge in [0, 0.05) is 31.7 Å². The van der Waals surface area contributed by atoms with E-state index < -0.39 is 10.1 Å². The second-order valence-electron chi connectivity index (χ2n) is 7.31. The van der Waals surface area contributed by atoms with Gasteiger partial charge in [-0.3, -0.25) is 4.79 Å². The summed E-state index contributed by atoms with van der Waals surface area (Å²) in [5, 5.41) is 0. The fourth-order valence-corrected chi connectivity index (χ4v) is 4.54. The number of ether oxygens (including phenoxy) is 1. The van der Waals surface area contributed by atoms with Crippen molar-refractivity contribution < 1.29 is 26.9 Å². The van der Waals surface area contributed by atoms with Gasteiger partial charge >= 0.3 is 16.2 Å². The molecule has 2 aromatic carbocycles. The Labute approximate surface area is 182 Å². The molecule has 3 rings (SSSR count). The molecule has 0 spiro atoms. The highest BCUT2D eigenvalue weighted by Gasteiger charge is 2.26. The number of hydrogen-bond donors (Lipinski definition) is 0. The van der Waals surface area contributed by atoms with Crippen LogP contribution in [0.2, 0.25) is 0 Å². The minimum atomic E-state index is -3.98. The molecule has 0 aromatic heterocycles. The molecule has 1 aliphatic rings. The summed E-state index contributed by atoms with van der Waals surface area (Å²) >= 11 is 0. The normalized spacial score (nSPS) is 14.3. The molecule has 1 heterocycles. The number of benzene rings is 2. The minimum absolute atomic E-state index is 0.118. The lowest BCUT2D eigenvalue weighted by atomic mass is 10.1. The molecule has 1 aliphatic heterocycles. The molecule has 166 valence electrons. The molecule has 0 bridgehead atoms. The van der Waals surface area contributed by atoms with E-state index in [-0.39, 0.29) is 22.6 Å². The van der Waals surface area contributed by atoms with Crippen molar-refractivity contribution >= 4 is 22.1 Å². The third-order valence-electron chi connectivity index (χ3n) is 5.01. The molecule has 1 saturated heterocycles. The van der Waals surface area contributed by atoms with Crippen molar-refractivity contribution in [2.45, 2.75) is 25.7 Å². The lowest BCUT2D eigenvalue weighted by Crippen LogP contribution is -2.50. The van der Waals surface area contributed by atoms with Gasteiger partial charge < -0.3 is 18.7 Å². The van der Waals surface area contributed by atoms with Crippen LogP contribution in [0.5, 0.6) is 5.75 Å². The quantitative estimate of drug-likeness (QED) is 0.656. The van der Waals surface area contributed by atoms with Crippen LogP contribution in [-0.4, -0.2) is 63.0 Å². The highest BCUT2D eigenvalue weighted by atomic mass is 32.2. The molecule has 31 heavy (non-hydrogen) atoms. The molecule has 9 heteroatoms. The maximum Gasteiger partial charge on any atom is 0.409 e. The fraction of sp³-hybridized carbons (Fsp3) is 0.364. The Morgan fingerprint density at radius 1 is 0.935 bits per heavy atom. The Morgan fingerprint density at radius 2 is 1.55 bits per heavy atom. The molecule has 8 nitrogen and oxygen atoms in total. The zero-order chi connectivity index (χ0) is 22.6. The van der Waals surface area contributed by atoms with Crippen LogP contribution in [0.3, 0.4) is 0 Å². The van der Waals surface area contributed by atoms with Gasteiger partial charge in [0.1, 0.15) is 10.6 Å². The summed E-state index contributed by atoms with van der Waals surface area (Å²) in [4.78, 5) is 27.9. The van der Waals surface area contributed by atoms with Gasteiger partial charge in [-0.05, 0) is 62.2 Å². The summed E-state index contributed by atoms with van der Waals surface area (Å²) in [6.45, 7) is 7.18. The van der Waals surface area contributed by atoms with Crippen LogP contribution in [0.15, 0.2) is 47.4 Å². The van der Waals surface area contributed by atoms with E-state index in [1.807, 2.05) is 13.0 Å². The Morgan fingerprint density at radius 3 is 2.16 bits per heavy atom. The van der Waals surface area contributed by atoms with Gasteiger partial charge in [-0.2, -0.15) is 8.42 Å². The first-order valence-corrected chi connectivity index (χ1v) is 11.4. The average Bonchev–Trinajstić information content (AvgIpc) is 2.75. The van der Waals surface area contributed by atoms with Crippen LogP contribution in [0.25, 0.3) is 0 Å². The molecule has 0 N–H and O–H groups in total. The standard InChI is InChI=1S/C22H26N2O6S/c1-4-29-22(26)24-13-11-23(12-14-24)21(25)18-7-9-19(10-8-18)30-31(27,28)20-15-16(2)5-6-17(20)3/h5-10,15H,4,11-14H2,1-3H3.